The lowest BCUT2D eigenvalue weighted by Crippen LogP contribution is -2.57. The maximum Gasteiger partial charge on any atom is 0.313 e. The van der Waals surface area contributed by atoms with Gasteiger partial charge in [0.05, 0.1) is 36.9 Å². The van der Waals surface area contributed by atoms with E-state index in [1.807, 2.05) is 0 Å². The summed E-state index contributed by atoms with van der Waals surface area (Å²) in [6.07, 6.45) is 6.06. The van der Waals surface area contributed by atoms with Crippen LogP contribution < -0.4 is 0 Å². The van der Waals surface area contributed by atoms with Crippen LogP contribution >= 0.6 is 0 Å². The summed E-state index contributed by atoms with van der Waals surface area (Å²) in [5, 5.41) is 17.3. The Morgan fingerprint density at radius 1 is 1.12 bits per heavy atom. The van der Waals surface area contributed by atoms with E-state index in [1.165, 1.54) is 14.6 Å². The quantitative estimate of drug-likeness (QED) is 0.720. The van der Waals surface area contributed by atoms with Crippen LogP contribution in [-0.4, -0.2) is 60.2 Å². The number of carbonyl (C=O) groups excluding carboxylic acids is 2. The molecule has 25 heavy (non-hydrogen) atoms. The first-order chi connectivity index (χ1) is 12.1. The van der Waals surface area contributed by atoms with Gasteiger partial charge in [-0.3, -0.25) is 14.6 Å². The molecule has 2 fully saturated rings. The number of pyridine rings is 1. The van der Waals surface area contributed by atoms with Crippen molar-refractivity contribution in [3.63, 3.8) is 0 Å². The van der Waals surface area contributed by atoms with E-state index < -0.39 is 17.4 Å². The number of nitriles is 1. The van der Waals surface area contributed by atoms with Crippen molar-refractivity contribution < 1.29 is 9.59 Å². The van der Waals surface area contributed by atoms with E-state index >= 15 is 0 Å². The summed E-state index contributed by atoms with van der Waals surface area (Å²) >= 11 is 0. The highest BCUT2D eigenvalue weighted by Gasteiger charge is 2.54. The van der Waals surface area contributed by atoms with Crippen LogP contribution in [0, 0.1) is 11.3 Å². The second-order valence-corrected chi connectivity index (χ2v) is 6.15. The van der Waals surface area contributed by atoms with Crippen molar-refractivity contribution in [1.29, 1.82) is 5.26 Å². The van der Waals surface area contributed by atoms with Crippen molar-refractivity contribution in [3.8, 4) is 11.8 Å². The van der Waals surface area contributed by atoms with Gasteiger partial charge in [0, 0.05) is 13.1 Å². The lowest BCUT2D eigenvalue weighted by Gasteiger charge is -2.36. The predicted molar refractivity (Wildman–Crippen MR) is 83.9 cm³/mol. The topological polar surface area (TPSA) is 108 Å². The third-order valence-electron chi connectivity index (χ3n) is 4.57. The van der Waals surface area contributed by atoms with E-state index in [2.05, 4.69) is 21.3 Å². The van der Waals surface area contributed by atoms with Crippen LogP contribution in [0.3, 0.4) is 0 Å². The molecule has 0 bridgehead atoms. The van der Waals surface area contributed by atoms with Crippen molar-refractivity contribution in [3.05, 3.63) is 36.4 Å². The summed E-state index contributed by atoms with van der Waals surface area (Å²) in [4.78, 5) is 33.3. The van der Waals surface area contributed by atoms with E-state index in [-0.39, 0.29) is 6.54 Å². The Labute approximate surface area is 143 Å². The summed E-state index contributed by atoms with van der Waals surface area (Å²) in [6, 6.07) is 5.75. The number of rotatable bonds is 4. The number of piperazine rings is 1. The summed E-state index contributed by atoms with van der Waals surface area (Å²) < 4.78 is 0. The highest BCUT2D eigenvalue weighted by atomic mass is 16.2. The van der Waals surface area contributed by atoms with Crippen LogP contribution in [0.4, 0.5) is 0 Å². The van der Waals surface area contributed by atoms with Crippen LogP contribution in [0.2, 0.25) is 0 Å². The predicted octanol–water partition coefficient (Wildman–Crippen LogP) is -0.111. The first kappa shape index (κ1) is 15.3. The van der Waals surface area contributed by atoms with Crippen LogP contribution in [0.1, 0.15) is 18.5 Å². The molecular weight excluding hydrogens is 322 g/mol. The van der Waals surface area contributed by atoms with Gasteiger partial charge in [-0.1, -0.05) is 0 Å². The molecule has 1 aliphatic heterocycles. The molecule has 126 valence electrons. The van der Waals surface area contributed by atoms with Crippen LogP contribution in [0.25, 0.3) is 5.69 Å². The number of hydrogen-bond donors (Lipinski definition) is 0. The monoisotopic (exact) mass is 337 g/mol. The molecule has 0 aromatic carbocycles. The summed E-state index contributed by atoms with van der Waals surface area (Å²) in [5.74, 6) is -1.17. The van der Waals surface area contributed by atoms with E-state index in [1.54, 1.807) is 30.7 Å². The average molecular weight is 337 g/mol. The van der Waals surface area contributed by atoms with Crippen molar-refractivity contribution in [2.45, 2.75) is 24.9 Å². The Morgan fingerprint density at radius 2 is 1.88 bits per heavy atom. The number of nitrogens with zero attached hydrogens (tertiary/aromatic N) is 7. The smallest absolute Gasteiger partial charge is 0.313 e. The fourth-order valence-corrected chi connectivity index (χ4v) is 2.97. The summed E-state index contributed by atoms with van der Waals surface area (Å²) in [6.45, 7) is 1.04. The minimum absolute atomic E-state index is 0.255. The van der Waals surface area contributed by atoms with E-state index in [0.29, 0.717) is 37.3 Å². The first-order valence-electron chi connectivity index (χ1n) is 7.97. The Balaban J connectivity index is 1.44. The first-order valence-corrected chi connectivity index (χ1v) is 7.97. The fourth-order valence-electron chi connectivity index (χ4n) is 2.97. The van der Waals surface area contributed by atoms with Gasteiger partial charge in [0.1, 0.15) is 11.2 Å². The van der Waals surface area contributed by atoms with Gasteiger partial charge in [-0.2, -0.15) is 20.3 Å². The average Bonchev–Trinajstić information content (AvgIpc) is 3.23. The normalized spacial score (nSPS) is 19.0. The number of carbonyl (C=O) groups is 2. The summed E-state index contributed by atoms with van der Waals surface area (Å²) in [7, 11) is 0. The Bertz CT molecular complexity index is 850. The standard InChI is InChI=1S/C16H15N7O2/c17-11-16(3-4-16)22-8-7-21(14(24)15(22)25)10-12-1-2-13(9-18-12)23-19-5-6-20-23/h1-2,5-6,9H,3-4,7-8,10H2. The summed E-state index contributed by atoms with van der Waals surface area (Å²) in [5.41, 5.74) is 0.632. The Kier molecular flexibility index (Phi) is 3.46. The van der Waals surface area contributed by atoms with Crippen molar-refractivity contribution >= 4 is 11.8 Å². The lowest BCUT2D eigenvalue weighted by molar-refractivity contribution is -0.158. The minimum atomic E-state index is -0.754. The molecule has 0 unspecified atom stereocenters. The van der Waals surface area contributed by atoms with Gasteiger partial charge in [0.25, 0.3) is 0 Å². The number of aromatic nitrogens is 4. The molecule has 2 aromatic rings. The molecule has 0 spiro atoms. The molecule has 3 heterocycles. The van der Waals surface area contributed by atoms with Gasteiger partial charge in [-0.05, 0) is 25.0 Å². The number of amides is 2. The molecule has 1 saturated heterocycles. The maximum absolute atomic E-state index is 12.4. The van der Waals surface area contributed by atoms with Gasteiger partial charge in [-0.25, -0.2) is 0 Å². The van der Waals surface area contributed by atoms with Gasteiger partial charge in [0.15, 0.2) is 0 Å². The molecule has 0 atom stereocenters. The number of hydrogen-bond acceptors (Lipinski definition) is 6. The molecule has 9 heteroatoms. The van der Waals surface area contributed by atoms with Gasteiger partial charge < -0.3 is 9.80 Å². The third kappa shape index (κ3) is 2.61. The largest absolute Gasteiger partial charge is 0.327 e. The molecule has 0 radical (unpaired) electrons. The van der Waals surface area contributed by atoms with Crippen molar-refractivity contribution in [2.75, 3.05) is 13.1 Å². The van der Waals surface area contributed by atoms with E-state index in [4.69, 9.17) is 0 Å². The molecule has 9 nitrogen and oxygen atoms in total. The molecule has 1 saturated carbocycles. The van der Waals surface area contributed by atoms with Crippen LogP contribution in [0.5, 0.6) is 0 Å². The molecule has 1 aliphatic carbocycles. The zero-order valence-electron chi connectivity index (χ0n) is 13.4. The van der Waals surface area contributed by atoms with Crippen LogP contribution in [0.15, 0.2) is 30.7 Å². The zero-order chi connectivity index (χ0) is 17.4. The molecular formula is C16H15N7O2. The second kappa shape index (κ2) is 5.66. The van der Waals surface area contributed by atoms with Crippen molar-refractivity contribution in [1.82, 2.24) is 29.8 Å². The van der Waals surface area contributed by atoms with Crippen LogP contribution in [-0.2, 0) is 16.1 Å². The highest BCUT2D eigenvalue weighted by Crippen LogP contribution is 2.41. The van der Waals surface area contributed by atoms with Crippen molar-refractivity contribution in [2.24, 2.45) is 0 Å². The second-order valence-electron chi connectivity index (χ2n) is 6.15. The lowest BCUT2D eigenvalue weighted by atomic mass is 10.2. The van der Waals surface area contributed by atoms with Gasteiger partial charge in [0.2, 0.25) is 0 Å². The Hall–Kier alpha value is -3.28. The molecule has 2 aliphatic rings. The fraction of sp³-hybridized carbons (Fsp3) is 0.375. The minimum Gasteiger partial charge on any atom is -0.327 e. The SMILES string of the molecule is N#CC1(N2CCN(Cc3ccc(-n4nccn4)cn3)C(=O)C2=O)CC1. The van der Waals surface area contributed by atoms with Gasteiger partial charge >= 0.3 is 11.8 Å². The third-order valence-corrected chi connectivity index (χ3v) is 4.57. The van der Waals surface area contributed by atoms with Gasteiger partial charge in [-0.15, -0.1) is 0 Å². The molecule has 0 N–H and O–H groups in total. The maximum atomic E-state index is 12.4. The van der Waals surface area contributed by atoms with E-state index in [9.17, 15) is 14.9 Å². The Morgan fingerprint density at radius 3 is 2.48 bits per heavy atom. The zero-order valence-corrected chi connectivity index (χ0v) is 13.4. The molecule has 2 amide bonds. The highest BCUT2D eigenvalue weighted by molar-refractivity contribution is 6.35. The molecule has 4 rings (SSSR count). The van der Waals surface area contributed by atoms with E-state index in [0.717, 1.165) is 0 Å². The molecule has 2 aromatic heterocycles.